The van der Waals surface area contributed by atoms with Gasteiger partial charge in [-0.2, -0.15) is 0 Å². The number of thiophene rings is 1. The van der Waals surface area contributed by atoms with Crippen molar-refractivity contribution in [3.63, 3.8) is 0 Å². The minimum Gasteiger partial charge on any atom is -0.462 e. The molecule has 42 heavy (non-hydrogen) atoms. The molecule has 1 atom stereocenters. The van der Waals surface area contributed by atoms with Crippen molar-refractivity contribution >= 4 is 51.9 Å². The number of aryl methyl sites for hydroxylation is 1. The molecule has 11 nitrogen and oxygen atoms in total. The molecule has 13 heteroatoms. The Bertz CT molecular complexity index is 1430. The molecule has 0 radical (unpaired) electrons. The summed E-state index contributed by atoms with van der Waals surface area (Å²) in [7, 11) is 0. The highest BCUT2D eigenvalue weighted by molar-refractivity contribution is 8.00. The van der Waals surface area contributed by atoms with Gasteiger partial charge in [-0.1, -0.05) is 42.8 Å². The second-order valence-corrected chi connectivity index (χ2v) is 11.7. The molecule has 3 aromatic rings. The van der Waals surface area contributed by atoms with E-state index in [4.69, 9.17) is 9.47 Å². The van der Waals surface area contributed by atoms with Gasteiger partial charge >= 0.3 is 11.9 Å². The van der Waals surface area contributed by atoms with Gasteiger partial charge in [0.25, 0.3) is 5.91 Å². The monoisotopic (exact) mass is 615 g/mol. The van der Waals surface area contributed by atoms with Gasteiger partial charge in [0.15, 0.2) is 11.0 Å². The number of hydrogen-bond donors (Lipinski definition) is 2. The Hall–Kier alpha value is -3.71. The van der Waals surface area contributed by atoms with E-state index in [1.807, 2.05) is 29.7 Å². The predicted molar refractivity (Wildman–Crippen MR) is 162 cm³/mol. The number of hydrogen-bond acceptors (Lipinski definition) is 10. The van der Waals surface area contributed by atoms with Crippen LogP contribution in [0.2, 0.25) is 0 Å². The third kappa shape index (κ3) is 8.19. The summed E-state index contributed by atoms with van der Waals surface area (Å²) in [6.45, 7) is 11.8. The van der Waals surface area contributed by atoms with E-state index in [2.05, 4.69) is 27.8 Å². The Kier molecular flexibility index (Phi) is 12.1. The Morgan fingerprint density at radius 2 is 1.76 bits per heavy atom. The number of amides is 2. The van der Waals surface area contributed by atoms with Crippen LogP contribution in [0.15, 0.2) is 29.4 Å². The van der Waals surface area contributed by atoms with E-state index in [1.54, 1.807) is 33.8 Å². The van der Waals surface area contributed by atoms with Gasteiger partial charge in [-0.15, -0.1) is 21.5 Å². The molecule has 2 heterocycles. The first-order chi connectivity index (χ1) is 20.1. The Balaban J connectivity index is 1.77. The lowest BCUT2D eigenvalue weighted by Crippen LogP contribution is -2.25. The molecule has 0 saturated heterocycles. The summed E-state index contributed by atoms with van der Waals surface area (Å²) in [4.78, 5) is 51.4. The highest BCUT2D eigenvalue weighted by Crippen LogP contribution is 2.35. The molecule has 0 aliphatic rings. The molecule has 2 aromatic heterocycles. The van der Waals surface area contributed by atoms with Crippen LogP contribution >= 0.6 is 23.1 Å². The highest BCUT2D eigenvalue weighted by atomic mass is 32.2. The number of thioether (sulfide) groups is 1. The zero-order valence-corrected chi connectivity index (χ0v) is 26.4. The molecule has 1 aromatic carbocycles. The van der Waals surface area contributed by atoms with Crippen LogP contribution in [-0.2, 0) is 27.4 Å². The number of nitrogens with one attached hydrogen (secondary N) is 2. The van der Waals surface area contributed by atoms with Crippen LogP contribution in [0.4, 0.5) is 5.00 Å². The topological polar surface area (TPSA) is 142 Å². The van der Waals surface area contributed by atoms with Gasteiger partial charge in [0.2, 0.25) is 5.91 Å². The third-order valence-corrected chi connectivity index (χ3v) is 8.46. The van der Waals surface area contributed by atoms with E-state index in [-0.39, 0.29) is 47.0 Å². The number of aromatic nitrogens is 3. The van der Waals surface area contributed by atoms with Gasteiger partial charge in [0.1, 0.15) is 9.88 Å². The van der Waals surface area contributed by atoms with Crippen LogP contribution in [0.3, 0.4) is 0 Å². The molecule has 226 valence electrons. The maximum atomic E-state index is 13.3. The van der Waals surface area contributed by atoms with Crippen molar-refractivity contribution in [2.24, 2.45) is 0 Å². The minimum absolute atomic E-state index is 0.133. The molecule has 3 rings (SSSR count). The maximum Gasteiger partial charge on any atom is 0.348 e. The Morgan fingerprint density at radius 1 is 1.05 bits per heavy atom. The van der Waals surface area contributed by atoms with Crippen molar-refractivity contribution in [1.82, 2.24) is 20.1 Å². The van der Waals surface area contributed by atoms with Gasteiger partial charge < -0.3 is 24.7 Å². The van der Waals surface area contributed by atoms with Gasteiger partial charge in [-0.3, -0.25) is 9.59 Å². The van der Waals surface area contributed by atoms with Gasteiger partial charge in [0, 0.05) is 12.1 Å². The van der Waals surface area contributed by atoms with Gasteiger partial charge in [0.05, 0.1) is 30.6 Å². The average molecular weight is 616 g/mol. The zero-order chi connectivity index (χ0) is 30.8. The van der Waals surface area contributed by atoms with Crippen molar-refractivity contribution in [1.29, 1.82) is 0 Å². The molecule has 0 aliphatic carbocycles. The normalized spacial score (nSPS) is 11.6. The summed E-state index contributed by atoms with van der Waals surface area (Å²) >= 11 is 2.19. The summed E-state index contributed by atoms with van der Waals surface area (Å²) < 4.78 is 12.2. The van der Waals surface area contributed by atoms with Crippen LogP contribution in [0.1, 0.15) is 87.9 Å². The molecule has 0 saturated carbocycles. The standard InChI is InChI=1S/C29H37N5O6S2/c1-7-10-14-34-21(16-30-25(36)20-13-11-12-17(4)15-20)32-33-29(34)41-19(6)24(35)31-26-22(27(37)39-8-2)18(5)23(42-26)28(38)40-9-3/h11-13,15,19H,7-10,14,16H2,1-6H3,(H,30,36)(H,31,35)/t19-/m0/s1. The molecular formula is C29H37N5O6S2. The van der Waals surface area contributed by atoms with Crippen LogP contribution in [0, 0.1) is 13.8 Å². The zero-order valence-electron chi connectivity index (χ0n) is 24.7. The molecule has 0 unspecified atom stereocenters. The number of ether oxygens (including phenoxy) is 2. The number of esters is 2. The first-order valence-corrected chi connectivity index (χ1v) is 15.5. The van der Waals surface area contributed by atoms with Gasteiger partial charge in [-0.25, -0.2) is 9.59 Å². The van der Waals surface area contributed by atoms with E-state index >= 15 is 0 Å². The highest BCUT2D eigenvalue weighted by Gasteiger charge is 2.29. The van der Waals surface area contributed by atoms with Crippen LogP contribution in [0.25, 0.3) is 0 Å². The van der Waals surface area contributed by atoms with E-state index in [0.717, 1.165) is 29.7 Å². The summed E-state index contributed by atoms with van der Waals surface area (Å²) in [5.41, 5.74) is 2.08. The third-order valence-electron chi connectivity index (χ3n) is 6.19. The summed E-state index contributed by atoms with van der Waals surface area (Å²) in [6, 6.07) is 7.33. The summed E-state index contributed by atoms with van der Waals surface area (Å²) in [5, 5.41) is 14.4. The molecule has 0 fully saturated rings. The largest absolute Gasteiger partial charge is 0.462 e. The fourth-order valence-corrected chi connectivity index (χ4v) is 5.98. The average Bonchev–Trinajstić information content (AvgIpc) is 3.49. The quantitative estimate of drug-likeness (QED) is 0.186. The number of nitrogens with zero attached hydrogens (tertiary/aromatic N) is 3. The Morgan fingerprint density at radius 3 is 2.43 bits per heavy atom. The molecular weight excluding hydrogens is 578 g/mol. The van der Waals surface area contributed by atoms with Crippen molar-refractivity contribution in [3.8, 4) is 0 Å². The van der Waals surface area contributed by atoms with Crippen LogP contribution in [0.5, 0.6) is 0 Å². The first-order valence-electron chi connectivity index (χ1n) is 13.8. The first kappa shape index (κ1) is 32.8. The lowest BCUT2D eigenvalue weighted by atomic mass is 10.1. The predicted octanol–water partition coefficient (Wildman–Crippen LogP) is 5.16. The number of carbonyl (C=O) groups excluding carboxylic acids is 4. The van der Waals surface area contributed by atoms with Crippen LogP contribution in [-0.4, -0.2) is 57.0 Å². The molecule has 0 aliphatic heterocycles. The number of benzene rings is 1. The van der Waals surface area contributed by atoms with Crippen molar-refractivity contribution in [2.75, 3.05) is 18.5 Å². The molecule has 2 N–H and O–H groups in total. The molecule has 0 spiro atoms. The summed E-state index contributed by atoms with van der Waals surface area (Å²) in [6.07, 6.45) is 1.80. The molecule has 0 bridgehead atoms. The van der Waals surface area contributed by atoms with Crippen molar-refractivity contribution in [2.45, 2.75) is 77.9 Å². The lowest BCUT2D eigenvalue weighted by Gasteiger charge is -2.14. The second-order valence-electron chi connectivity index (χ2n) is 9.41. The lowest BCUT2D eigenvalue weighted by molar-refractivity contribution is -0.115. The van der Waals surface area contributed by atoms with E-state index in [1.165, 1.54) is 11.8 Å². The van der Waals surface area contributed by atoms with E-state index < -0.39 is 17.2 Å². The number of anilines is 1. The second kappa shape index (κ2) is 15.5. The molecule has 2 amide bonds. The number of rotatable bonds is 14. The van der Waals surface area contributed by atoms with Crippen LogP contribution < -0.4 is 10.6 Å². The maximum absolute atomic E-state index is 13.3. The minimum atomic E-state index is -0.632. The SMILES string of the molecule is CCCCn1c(CNC(=O)c2cccc(C)c2)nnc1S[C@@H](C)C(=O)Nc1sc(C(=O)OCC)c(C)c1C(=O)OCC. The van der Waals surface area contributed by atoms with Gasteiger partial charge in [-0.05, 0) is 58.7 Å². The number of carbonyl (C=O) groups is 4. The van der Waals surface area contributed by atoms with Crippen molar-refractivity contribution in [3.05, 3.63) is 57.2 Å². The van der Waals surface area contributed by atoms with E-state index in [0.29, 0.717) is 28.7 Å². The fraction of sp³-hybridized carbons (Fsp3) is 0.448. The fourth-order valence-electron chi connectivity index (χ4n) is 3.99. The number of unbranched alkanes of at least 4 members (excludes halogenated alkanes) is 1. The Labute approximate surface area is 253 Å². The van der Waals surface area contributed by atoms with E-state index in [9.17, 15) is 19.2 Å². The smallest absolute Gasteiger partial charge is 0.348 e. The summed E-state index contributed by atoms with van der Waals surface area (Å²) in [5.74, 6) is -1.22. The van der Waals surface area contributed by atoms with Crippen molar-refractivity contribution < 1.29 is 28.7 Å².